The smallest absolute Gasteiger partial charge is 0.230 e. The van der Waals surface area contributed by atoms with Crippen molar-refractivity contribution in [2.24, 2.45) is 0 Å². The monoisotopic (exact) mass is 298 g/mol. The Morgan fingerprint density at radius 3 is 2.65 bits per heavy atom. The zero-order valence-electron chi connectivity index (χ0n) is 13.3. The molecule has 5 heteroatoms. The summed E-state index contributed by atoms with van der Waals surface area (Å²) in [5.41, 5.74) is 0. The summed E-state index contributed by atoms with van der Waals surface area (Å²) >= 11 is 0. The Labute approximate surface area is 124 Å². The lowest BCUT2D eigenvalue weighted by atomic mass is 10.2. The molecule has 1 aliphatic rings. The van der Waals surface area contributed by atoms with Gasteiger partial charge >= 0.3 is 0 Å². The van der Waals surface area contributed by atoms with Crippen LogP contribution in [0.1, 0.15) is 38.5 Å². The largest absolute Gasteiger partial charge is 0.316 e. The number of carbonyl (C=O) groups is 2. The third-order valence-corrected chi connectivity index (χ3v) is 5.52. The number of hydrogen-bond donors (Lipinski definition) is 1. The minimum atomic E-state index is -0.941. The molecule has 0 aliphatic carbocycles. The van der Waals surface area contributed by atoms with Gasteiger partial charge in [-0.15, -0.1) is 0 Å². The Morgan fingerprint density at radius 2 is 1.95 bits per heavy atom. The second-order valence-electron chi connectivity index (χ2n) is 6.91. The minimum Gasteiger partial charge on any atom is -0.316 e. The molecule has 20 heavy (non-hydrogen) atoms. The van der Waals surface area contributed by atoms with Gasteiger partial charge in [0.05, 0.1) is 0 Å². The molecule has 1 heterocycles. The highest BCUT2D eigenvalue weighted by Gasteiger charge is 2.22. The summed E-state index contributed by atoms with van der Waals surface area (Å²) in [6.07, 6.45) is 5.11. The normalized spacial score (nSPS) is 17.1. The average Bonchev–Trinajstić information content (AvgIpc) is 2.56. The maximum absolute atomic E-state index is 12.0. The molecule has 0 unspecified atom stereocenters. The molecule has 1 fully saturated rings. The summed E-state index contributed by atoms with van der Waals surface area (Å²) in [7, 11) is -0.941. The van der Waals surface area contributed by atoms with Gasteiger partial charge in [-0.3, -0.25) is 14.5 Å². The van der Waals surface area contributed by atoms with Gasteiger partial charge < -0.3 is 5.32 Å². The fourth-order valence-electron chi connectivity index (χ4n) is 2.45. The van der Waals surface area contributed by atoms with Crippen molar-refractivity contribution in [1.82, 2.24) is 10.2 Å². The van der Waals surface area contributed by atoms with E-state index in [0.29, 0.717) is 25.9 Å². The lowest BCUT2D eigenvalue weighted by molar-refractivity contribution is -0.144. The molecule has 0 aromatic heterocycles. The molecule has 1 N–H and O–H groups in total. The van der Waals surface area contributed by atoms with Crippen LogP contribution in [0, 0.1) is 0 Å². The molecule has 1 saturated heterocycles. The average molecular weight is 299 g/mol. The van der Waals surface area contributed by atoms with E-state index in [1.807, 2.05) is 0 Å². The summed E-state index contributed by atoms with van der Waals surface area (Å²) < 4.78 is 0. The summed E-state index contributed by atoms with van der Waals surface area (Å²) in [5, 5.41) is 3.32. The van der Waals surface area contributed by atoms with Crippen LogP contribution in [0.3, 0.4) is 0 Å². The standard InChI is InChI=1S/C15H30N2O2Si/c1-20(2,3)13-7-10-16-11-9-15(19)17-12-6-4-5-8-14(17)18/h16H,4-13H2,1-3H3. The number of imide groups is 1. The van der Waals surface area contributed by atoms with Gasteiger partial charge in [0, 0.05) is 34.0 Å². The zero-order chi connectivity index (χ0) is 15.0. The molecule has 4 nitrogen and oxygen atoms in total. The Balaban J connectivity index is 2.14. The molecule has 0 atom stereocenters. The highest BCUT2D eigenvalue weighted by molar-refractivity contribution is 6.76. The first-order valence-electron chi connectivity index (χ1n) is 7.94. The van der Waals surface area contributed by atoms with E-state index < -0.39 is 8.07 Å². The number of hydrogen-bond acceptors (Lipinski definition) is 3. The van der Waals surface area contributed by atoms with Gasteiger partial charge in [-0.05, 0) is 25.8 Å². The van der Waals surface area contributed by atoms with E-state index in [0.717, 1.165) is 25.8 Å². The summed E-state index contributed by atoms with van der Waals surface area (Å²) in [4.78, 5) is 25.3. The number of carbonyl (C=O) groups excluding carboxylic acids is 2. The Morgan fingerprint density at radius 1 is 1.20 bits per heavy atom. The van der Waals surface area contributed by atoms with E-state index in [1.165, 1.54) is 17.4 Å². The molecule has 0 spiro atoms. The summed E-state index contributed by atoms with van der Waals surface area (Å²) in [6.45, 7) is 9.41. The second-order valence-corrected chi connectivity index (χ2v) is 12.5. The van der Waals surface area contributed by atoms with E-state index in [9.17, 15) is 9.59 Å². The van der Waals surface area contributed by atoms with Crippen LogP contribution in [0.4, 0.5) is 0 Å². The van der Waals surface area contributed by atoms with Gasteiger partial charge in [0.2, 0.25) is 11.8 Å². The Bertz CT molecular complexity index is 326. The minimum absolute atomic E-state index is 0.00500. The zero-order valence-corrected chi connectivity index (χ0v) is 14.3. The lowest BCUT2D eigenvalue weighted by Crippen LogP contribution is -2.38. The van der Waals surface area contributed by atoms with Crippen LogP contribution in [0.25, 0.3) is 0 Å². The third kappa shape index (κ3) is 7.19. The van der Waals surface area contributed by atoms with Crippen LogP contribution < -0.4 is 5.32 Å². The number of rotatable bonds is 7. The van der Waals surface area contributed by atoms with Crippen molar-refractivity contribution in [3.63, 3.8) is 0 Å². The lowest BCUT2D eigenvalue weighted by Gasteiger charge is -2.19. The van der Waals surface area contributed by atoms with E-state index in [4.69, 9.17) is 0 Å². The van der Waals surface area contributed by atoms with Crippen molar-refractivity contribution >= 4 is 19.9 Å². The van der Waals surface area contributed by atoms with Crippen molar-refractivity contribution in [2.75, 3.05) is 19.6 Å². The molecule has 0 aromatic rings. The number of nitrogens with one attached hydrogen (secondary N) is 1. The van der Waals surface area contributed by atoms with Gasteiger partial charge in [-0.2, -0.15) is 0 Å². The molecule has 0 aromatic carbocycles. The van der Waals surface area contributed by atoms with Gasteiger partial charge in [-0.25, -0.2) is 0 Å². The SMILES string of the molecule is C[Si](C)(C)CCCNCCC(=O)N1CCCCCC1=O. The molecule has 0 radical (unpaired) electrons. The molecule has 1 rings (SSSR count). The predicted molar refractivity (Wildman–Crippen MR) is 85.4 cm³/mol. The van der Waals surface area contributed by atoms with Crippen LogP contribution in [0.15, 0.2) is 0 Å². The first-order chi connectivity index (χ1) is 9.40. The summed E-state index contributed by atoms with van der Waals surface area (Å²) in [5.74, 6) is 0.0147. The van der Waals surface area contributed by atoms with Crippen LogP contribution in [0.5, 0.6) is 0 Å². The fraction of sp³-hybridized carbons (Fsp3) is 0.867. The Hall–Kier alpha value is -0.683. The quantitative estimate of drug-likeness (QED) is 0.580. The molecular weight excluding hydrogens is 268 g/mol. The van der Waals surface area contributed by atoms with Crippen LogP contribution in [0.2, 0.25) is 25.7 Å². The molecular formula is C15H30N2O2Si. The van der Waals surface area contributed by atoms with Crippen molar-refractivity contribution < 1.29 is 9.59 Å². The fourth-order valence-corrected chi connectivity index (χ4v) is 3.68. The van der Waals surface area contributed by atoms with Gasteiger partial charge in [0.25, 0.3) is 0 Å². The van der Waals surface area contributed by atoms with Gasteiger partial charge in [0.1, 0.15) is 0 Å². The predicted octanol–water partition coefficient (Wildman–Crippen LogP) is 2.62. The van der Waals surface area contributed by atoms with Crippen molar-refractivity contribution in [2.45, 2.75) is 64.2 Å². The van der Waals surface area contributed by atoms with E-state index >= 15 is 0 Å². The van der Waals surface area contributed by atoms with Crippen LogP contribution in [-0.4, -0.2) is 44.4 Å². The first-order valence-corrected chi connectivity index (χ1v) is 11.6. The van der Waals surface area contributed by atoms with Crippen LogP contribution >= 0.6 is 0 Å². The highest BCUT2D eigenvalue weighted by atomic mass is 28.3. The molecule has 2 amide bonds. The second kappa shape index (κ2) is 8.57. The van der Waals surface area contributed by atoms with Crippen molar-refractivity contribution in [3.05, 3.63) is 0 Å². The highest BCUT2D eigenvalue weighted by Crippen LogP contribution is 2.12. The van der Waals surface area contributed by atoms with E-state index in [2.05, 4.69) is 25.0 Å². The number of amides is 2. The topological polar surface area (TPSA) is 49.4 Å². The summed E-state index contributed by atoms with van der Waals surface area (Å²) in [6, 6.07) is 1.32. The Kier molecular flexibility index (Phi) is 7.44. The molecule has 0 bridgehead atoms. The maximum atomic E-state index is 12.0. The maximum Gasteiger partial charge on any atom is 0.230 e. The molecule has 116 valence electrons. The third-order valence-electron chi connectivity index (χ3n) is 3.67. The number of likely N-dealkylation sites (tertiary alicyclic amines) is 1. The van der Waals surface area contributed by atoms with Gasteiger partial charge in [0.15, 0.2) is 0 Å². The van der Waals surface area contributed by atoms with Crippen molar-refractivity contribution in [1.29, 1.82) is 0 Å². The van der Waals surface area contributed by atoms with E-state index in [1.54, 1.807) is 0 Å². The number of nitrogens with zero attached hydrogens (tertiary/aromatic N) is 1. The molecule has 1 aliphatic heterocycles. The van der Waals surface area contributed by atoms with E-state index in [-0.39, 0.29) is 11.8 Å². The van der Waals surface area contributed by atoms with Gasteiger partial charge in [-0.1, -0.05) is 32.1 Å². The van der Waals surface area contributed by atoms with Crippen molar-refractivity contribution in [3.8, 4) is 0 Å². The van der Waals surface area contributed by atoms with Crippen LogP contribution in [-0.2, 0) is 9.59 Å². The first kappa shape index (κ1) is 17.4. The molecule has 0 saturated carbocycles.